The molecular formula is C23H30N4O5S. The van der Waals surface area contributed by atoms with Crippen LogP contribution in [0.1, 0.15) is 36.5 Å². The Morgan fingerprint density at radius 2 is 1.67 bits per heavy atom. The molecule has 2 aromatic rings. The molecule has 3 rings (SSSR count). The van der Waals surface area contributed by atoms with Crippen LogP contribution < -0.4 is 15.5 Å². The summed E-state index contributed by atoms with van der Waals surface area (Å²) in [6.07, 6.45) is 2.86. The fourth-order valence-corrected chi connectivity index (χ4v) is 4.54. The lowest BCUT2D eigenvalue weighted by atomic mass is 10.1. The first-order chi connectivity index (χ1) is 15.9. The van der Waals surface area contributed by atoms with Crippen molar-refractivity contribution in [3.05, 3.63) is 65.7 Å². The Hall–Kier alpha value is -2.95. The second kappa shape index (κ2) is 11.8. The van der Waals surface area contributed by atoms with Gasteiger partial charge in [0.15, 0.2) is 6.10 Å². The van der Waals surface area contributed by atoms with E-state index in [9.17, 15) is 18.0 Å². The van der Waals surface area contributed by atoms with Gasteiger partial charge in [0.05, 0.1) is 4.90 Å². The highest BCUT2D eigenvalue weighted by Crippen LogP contribution is 2.16. The maximum Gasteiger partial charge on any atom is 0.343 e. The molecule has 1 fully saturated rings. The molecule has 0 saturated carbocycles. The highest BCUT2D eigenvalue weighted by atomic mass is 32.2. The number of carbonyl (C=O) groups excluding carboxylic acids is 2. The van der Waals surface area contributed by atoms with Gasteiger partial charge in [-0.05, 0) is 42.5 Å². The third-order valence-corrected chi connectivity index (χ3v) is 6.71. The van der Waals surface area contributed by atoms with E-state index in [0.29, 0.717) is 26.1 Å². The molecule has 2 aromatic carbocycles. The molecule has 3 N–H and O–H groups in total. The molecule has 178 valence electrons. The van der Waals surface area contributed by atoms with Crippen LogP contribution in [0.25, 0.3) is 0 Å². The highest BCUT2D eigenvalue weighted by Gasteiger charge is 2.21. The predicted molar refractivity (Wildman–Crippen MR) is 124 cm³/mol. The van der Waals surface area contributed by atoms with Crippen molar-refractivity contribution in [1.29, 1.82) is 0 Å². The van der Waals surface area contributed by atoms with Crippen LogP contribution in [0.2, 0.25) is 0 Å². The second-order valence-electron chi connectivity index (χ2n) is 7.81. The van der Waals surface area contributed by atoms with E-state index in [4.69, 9.17) is 4.74 Å². The smallest absolute Gasteiger partial charge is 0.343 e. The number of rotatable bonds is 9. The van der Waals surface area contributed by atoms with Crippen LogP contribution in [0.3, 0.4) is 0 Å². The molecule has 1 atom stereocenters. The first-order valence-corrected chi connectivity index (χ1v) is 12.4. The summed E-state index contributed by atoms with van der Waals surface area (Å²) in [5, 5.41) is 4.56. The van der Waals surface area contributed by atoms with Gasteiger partial charge in [-0.15, -0.1) is 0 Å². The average Bonchev–Trinajstić information content (AvgIpc) is 2.81. The molecule has 0 spiro atoms. The fraction of sp³-hybridized carbons (Fsp3) is 0.391. The quantitative estimate of drug-likeness (QED) is 0.513. The summed E-state index contributed by atoms with van der Waals surface area (Å²) in [6, 6.07) is 14.6. The molecular weight excluding hydrogens is 444 g/mol. The molecule has 10 heteroatoms. The van der Waals surface area contributed by atoms with Crippen molar-refractivity contribution < 1.29 is 22.7 Å². The van der Waals surface area contributed by atoms with Crippen LogP contribution in [0.5, 0.6) is 0 Å². The van der Waals surface area contributed by atoms with E-state index in [2.05, 4.69) is 10.7 Å². The number of ether oxygens (including phenoxy) is 1. The summed E-state index contributed by atoms with van der Waals surface area (Å²) in [5.74, 6) is -0.244. The third kappa shape index (κ3) is 7.28. The molecule has 0 bridgehead atoms. The molecule has 0 radical (unpaired) electrons. The minimum atomic E-state index is -3.98. The van der Waals surface area contributed by atoms with Gasteiger partial charge in [-0.2, -0.15) is 0 Å². The Balaban J connectivity index is 1.48. The van der Waals surface area contributed by atoms with Crippen LogP contribution in [-0.4, -0.2) is 52.1 Å². The van der Waals surface area contributed by atoms with E-state index in [1.54, 1.807) is 17.1 Å². The number of nitrogens with one attached hydrogen (secondary N) is 3. The molecule has 1 aliphatic rings. The van der Waals surface area contributed by atoms with Crippen LogP contribution in [0.15, 0.2) is 59.5 Å². The van der Waals surface area contributed by atoms with E-state index >= 15 is 0 Å². The Morgan fingerprint density at radius 1 is 1.00 bits per heavy atom. The van der Waals surface area contributed by atoms with Gasteiger partial charge < -0.3 is 10.1 Å². The van der Waals surface area contributed by atoms with Gasteiger partial charge in [0.25, 0.3) is 15.9 Å². The van der Waals surface area contributed by atoms with E-state index in [0.717, 1.165) is 30.4 Å². The van der Waals surface area contributed by atoms with Crippen LogP contribution >= 0.6 is 0 Å². The van der Waals surface area contributed by atoms with E-state index in [-0.39, 0.29) is 10.8 Å². The normalized spacial score (nSPS) is 15.4. The van der Waals surface area contributed by atoms with Gasteiger partial charge in [-0.25, -0.2) is 22.9 Å². The number of sulfonamides is 1. The van der Waals surface area contributed by atoms with Crippen LogP contribution in [0, 0.1) is 0 Å². The van der Waals surface area contributed by atoms with E-state index in [1.165, 1.54) is 19.2 Å². The molecule has 0 aliphatic carbocycles. The number of piperidine rings is 1. The summed E-state index contributed by atoms with van der Waals surface area (Å²) in [6.45, 7) is 1.78. The summed E-state index contributed by atoms with van der Waals surface area (Å²) in [5.41, 5.74) is 4.19. The molecule has 1 saturated heterocycles. The zero-order valence-corrected chi connectivity index (χ0v) is 19.4. The summed E-state index contributed by atoms with van der Waals surface area (Å²) in [4.78, 5) is 24.5. The standard InChI is InChI=1S/C23H30N4O5S/c1-32-21(19-8-4-2-5-9-19)22(28)24-15-14-18-10-12-20(13-11-18)33(30,31)26-23(29)25-27-16-6-3-7-17-27/h2,4-5,8-13,21H,3,6-7,14-17H2,1H3,(H,24,28)(H2,25,26,29). The fourth-order valence-electron chi connectivity index (χ4n) is 3.63. The number of amides is 3. The molecule has 1 aliphatic heterocycles. The minimum absolute atomic E-state index is 0.00685. The maximum absolute atomic E-state index is 12.5. The molecule has 0 aromatic heterocycles. The number of hydrazine groups is 1. The van der Waals surface area contributed by atoms with E-state index < -0.39 is 22.2 Å². The summed E-state index contributed by atoms with van der Waals surface area (Å²) >= 11 is 0. The van der Waals surface area contributed by atoms with Crippen molar-refractivity contribution in [2.24, 2.45) is 0 Å². The van der Waals surface area contributed by atoms with Crippen molar-refractivity contribution in [3.8, 4) is 0 Å². The Kier molecular flexibility index (Phi) is 8.81. The highest BCUT2D eigenvalue weighted by molar-refractivity contribution is 7.90. The largest absolute Gasteiger partial charge is 0.367 e. The zero-order valence-electron chi connectivity index (χ0n) is 18.6. The first-order valence-electron chi connectivity index (χ1n) is 10.9. The number of benzene rings is 2. The van der Waals surface area contributed by atoms with Gasteiger partial charge in [-0.1, -0.05) is 48.9 Å². The van der Waals surface area contributed by atoms with Gasteiger partial charge in [0.1, 0.15) is 0 Å². The van der Waals surface area contributed by atoms with Crippen molar-refractivity contribution in [2.45, 2.75) is 36.7 Å². The molecule has 1 heterocycles. The minimum Gasteiger partial charge on any atom is -0.367 e. The van der Waals surface area contributed by atoms with Crippen LogP contribution in [-0.2, 0) is 26.0 Å². The average molecular weight is 475 g/mol. The Labute approximate surface area is 194 Å². The van der Waals surface area contributed by atoms with Gasteiger partial charge in [0.2, 0.25) is 0 Å². The van der Waals surface area contributed by atoms with Crippen molar-refractivity contribution >= 4 is 22.0 Å². The lowest BCUT2D eigenvalue weighted by Crippen LogP contribution is -2.50. The van der Waals surface area contributed by atoms with Gasteiger partial charge >= 0.3 is 6.03 Å². The third-order valence-electron chi connectivity index (χ3n) is 5.37. The topological polar surface area (TPSA) is 117 Å². The van der Waals surface area contributed by atoms with Crippen molar-refractivity contribution in [3.63, 3.8) is 0 Å². The predicted octanol–water partition coefficient (Wildman–Crippen LogP) is 2.12. The summed E-state index contributed by atoms with van der Waals surface area (Å²) < 4.78 is 32.3. The van der Waals surface area contributed by atoms with Crippen molar-refractivity contribution in [1.82, 2.24) is 20.5 Å². The molecule has 1 unspecified atom stereocenters. The lowest BCUT2D eigenvalue weighted by molar-refractivity contribution is -0.131. The molecule has 9 nitrogen and oxygen atoms in total. The second-order valence-corrected chi connectivity index (χ2v) is 9.49. The monoisotopic (exact) mass is 474 g/mol. The number of carbonyl (C=O) groups is 2. The number of hydrogen-bond acceptors (Lipinski definition) is 6. The Morgan fingerprint density at radius 3 is 2.30 bits per heavy atom. The zero-order chi connectivity index (χ0) is 23.7. The number of hydrogen-bond donors (Lipinski definition) is 3. The summed E-state index contributed by atoms with van der Waals surface area (Å²) in [7, 11) is -2.50. The Bertz CT molecular complexity index is 1020. The number of nitrogens with zero attached hydrogens (tertiary/aromatic N) is 1. The maximum atomic E-state index is 12.5. The molecule has 3 amide bonds. The molecule has 33 heavy (non-hydrogen) atoms. The number of methoxy groups -OCH3 is 1. The van der Waals surface area contributed by atoms with Crippen LogP contribution in [0.4, 0.5) is 4.79 Å². The van der Waals surface area contributed by atoms with Gasteiger partial charge in [-0.3, -0.25) is 10.2 Å². The SMILES string of the molecule is COC(C(=O)NCCc1ccc(S(=O)(=O)NC(=O)NN2CCCCC2)cc1)c1ccccc1. The van der Waals surface area contributed by atoms with Gasteiger partial charge in [0, 0.05) is 26.7 Å². The van der Waals surface area contributed by atoms with Crippen molar-refractivity contribution in [2.75, 3.05) is 26.7 Å². The van der Waals surface area contributed by atoms with E-state index in [1.807, 2.05) is 35.1 Å². The first kappa shape index (κ1) is 24.7. The number of urea groups is 1. The lowest BCUT2D eigenvalue weighted by Gasteiger charge is -2.26.